The van der Waals surface area contributed by atoms with E-state index in [0.29, 0.717) is 6.20 Å². The van der Waals surface area contributed by atoms with Crippen molar-refractivity contribution in [3.63, 3.8) is 0 Å². The highest BCUT2D eigenvalue weighted by Gasteiger charge is 2.34. The number of fused-ring (bicyclic) bond motifs is 2. The van der Waals surface area contributed by atoms with E-state index in [1.165, 1.54) is 30.8 Å². The van der Waals surface area contributed by atoms with Crippen LogP contribution in [-0.4, -0.2) is 66.8 Å². The molecule has 1 N–H and O–H groups in total. The number of thioether (sulfide) groups is 1. The third-order valence-electron chi connectivity index (χ3n) is 5.63. The number of halogens is 3. The highest BCUT2D eigenvalue weighted by molar-refractivity contribution is 8.00. The minimum absolute atomic E-state index is 0.00154. The molecule has 5 rings (SSSR count). The Hall–Kier alpha value is -3.20. The average molecular weight is 526 g/mol. The molecule has 0 bridgehead atoms. The number of nitrogens with one attached hydrogen (secondary N) is 1. The van der Waals surface area contributed by atoms with Gasteiger partial charge in [0.15, 0.2) is 26.2 Å². The number of imidazole rings is 1. The molecule has 0 aliphatic carbocycles. The van der Waals surface area contributed by atoms with Gasteiger partial charge in [-0.1, -0.05) is 6.92 Å². The summed E-state index contributed by atoms with van der Waals surface area (Å²) in [5, 5.41) is 6.71. The van der Waals surface area contributed by atoms with Crippen LogP contribution in [0.4, 0.5) is 13.2 Å². The van der Waals surface area contributed by atoms with Crippen LogP contribution in [0.25, 0.3) is 28.2 Å². The molecule has 35 heavy (non-hydrogen) atoms. The molecule has 5 heterocycles. The maximum atomic E-state index is 13.2. The smallest absolute Gasteiger partial charge is 0.346 e. The number of rotatable bonds is 5. The molecule has 0 atom stereocenters. The molecule has 15 heteroatoms. The molecule has 0 spiro atoms. The Morgan fingerprint density at radius 3 is 2.63 bits per heavy atom. The van der Waals surface area contributed by atoms with Crippen molar-refractivity contribution in [2.45, 2.75) is 24.2 Å². The van der Waals surface area contributed by atoms with Gasteiger partial charge in [-0.15, -0.1) is 0 Å². The SMILES string of the molecule is CCS(=O)(=O)c1nn2c(C(=O)NC3CSC3)ccnc2c1-c1nc2cc(C(F)(F)F)cnc2n1C. The van der Waals surface area contributed by atoms with Gasteiger partial charge < -0.3 is 9.88 Å². The third kappa shape index (κ3) is 3.91. The van der Waals surface area contributed by atoms with E-state index in [-0.39, 0.29) is 50.7 Å². The molecule has 0 saturated carbocycles. The molecule has 1 saturated heterocycles. The van der Waals surface area contributed by atoms with Crippen molar-refractivity contribution in [1.82, 2.24) is 34.4 Å². The van der Waals surface area contributed by atoms with E-state index < -0.39 is 27.5 Å². The molecule has 1 aliphatic rings. The van der Waals surface area contributed by atoms with Crippen molar-refractivity contribution in [2.24, 2.45) is 7.05 Å². The molecule has 1 fully saturated rings. The van der Waals surface area contributed by atoms with E-state index in [0.717, 1.165) is 22.1 Å². The third-order valence-corrected chi connectivity index (χ3v) is 8.54. The van der Waals surface area contributed by atoms with Gasteiger partial charge >= 0.3 is 6.18 Å². The van der Waals surface area contributed by atoms with Gasteiger partial charge in [0.2, 0.25) is 0 Å². The molecule has 4 aromatic heterocycles. The van der Waals surface area contributed by atoms with Gasteiger partial charge in [-0.2, -0.15) is 30.0 Å². The maximum absolute atomic E-state index is 13.2. The number of carbonyl (C=O) groups excluding carboxylic acids is 1. The zero-order chi connectivity index (χ0) is 25.1. The first kappa shape index (κ1) is 23.5. The van der Waals surface area contributed by atoms with E-state index in [4.69, 9.17) is 0 Å². The number of hydrogen-bond donors (Lipinski definition) is 1. The van der Waals surface area contributed by atoms with Gasteiger partial charge in [0.05, 0.1) is 11.3 Å². The van der Waals surface area contributed by atoms with Crippen LogP contribution in [0.15, 0.2) is 29.6 Å². The van der Waals surface area contributed by atoms with Crippen LogP contribution in [0.5, 0.6) is 0 Å². The second-order valence-electron chi connectivity index (χ2n) is 7.92. The second-order valence-corrected chi connectivity index (χ2v) is 11.2. The van der Waals surface area contributed by atoms with Crippen LogP contribution in [0.1, 0.15) is 23.0 Å². The molecule has 4 aromatic rings. The van der Waals surface area contributed by atoms with Gasteiger partial charge in [0.1, 0.15) is 22.6 Å². The fraction of sp³-hybridized carbons (Fsp3) is 0.350. The fourth-order valence-electron chi connectivity index (χ4n) is 3.68. The van der Waals surface area contributed by atoms with Crippen LogP contribution in [0.2, 0.25) is 0 Å². The Morgan fingerprint density at radius 1 is 1.26 bits per heavy atom. The van der Waals surface area contributed by atoms with Crippen LogP contribution in [-0.2, 0) is 23.1 Å². The highest BCUT2D eigenvalue weighted by Crippen LogP contribution is 2.35. The Morgan fingerprint density at radius 2 is 2.00 bits per heavy atom. The lowest BCUT2D eigenvalue weighted by atomic mass is 10.2. The van der Waals surface area contributed by atoms with Crippen LogP contribution >= 0.6 is 11.8 Å². The fourth-order valence-corrected chi connectivity index (χ4v) is 5.29. The van der Waals surface area contributed by atoms with Crippen molar-refractivity contribution in [3.8, 4) is 11.4 Å². The van der Waals surface area contributed by atoms with E-state index >= 15 is 0 Å². The molecule has 184 valence electrons. The van der Waals surface area contributed by atoms with Gasteiger partial charge in [0.25, 0.3) is 5.91 Å². The quantitative estimate of drug-likeness (QED) is 0.421. The lowest BCUT2D eigenvalue weighted by Crippen LogP contribution is -2.44. The number of amides is 1. The summed E-state index contributed by atoms with van der Waals surface area (Å²) in [5.74, 6) is 0.803. The summed E-state index contributed by atoms with van der Waals surface area (Å²) in [5.41, 5.74) is -0.863. The molecule has 1 amide bonds. The predicted molar refractivity (Wildman–Crippen MR) is 122 cm³/mol. The first-order chi connectivity index (χ1) is 16.5. The number of nitrogens with zero attached hydrogens (tertiary/aromatic N) is 6. The Labute approximate surface area is 200 Å². The summed E-state index contributed by atoms with van der Waals surface area (Å²) in [6.45, 7) is 1.44. The van der Waals surface area contributed by atoms with Gasteiger partial charge in [-0.3, -0.25) is 4.79 Å². The minimum Gasteiger partial charge on any atom is -0.346 e. The minimum atomic E-state index is -4.62. The monoisotopic (exact) mass is 525 g/mol. The van der Waals surface area contributed by atoms with Crippen molar-refractivity contribution >= 4 is 44.3 Å². The van der Waals surface area contributed by atoms with Gasteiger partial charge in [-0.25, -0.2) is 27.9 Å². The number of hydrogen-bond acceptors (Lipinski definition) is 8. The maximum Gasteiger partial charge on any atom is 0.417 e. The zero-order valence-electron chi connectivity index (χ0n) is 18.4. The van der Waals surface area contributed by atoms with Gasteiger partial charge in [-0.05, 0) is 12.1 Å². The van der Waals surface area contributed by atoms with E-state index in [1.54, 1.807) is 11.8 Å². The standard InChI is InChI=1S/C20H18F3N7O3S2/c1-3-35(32,33)19-14(17-27-12-6-10(20(21,22)23)7-25-15(12)29(17)2)16-24-5-4-13(30(16)28-19)18(31)26-11-8-34-9-11/h4-7,11H,3,8-9H2,1-2H3,(H,26,31). The highest BCUT2D eigenvalue weighted by atomic mass is 32.2. The molecule has 0 unspecified atom stereocenters. The summed E-state index contributed by atoms with van der Waals surface area (Å²) >= 11 is 1.69. The van der Waals surface area contributed by atoms with Crippen LogP contribution in [0, 0.1) is 0 Å². The molecular formula is C20H18F3N7O3S2. The Kier molecular flexibility index (Phi) is 5.51. The number of pyridine rings is 1. The Bertz CT molecular complexity index is 1590. The van der Waals surface area contributed by atoms with Crippen molar-refractivity contribution in [1.29, 1.82) is 0 Å². The number of aromatic nitrogens is 6. The van der Waals surface area contributed by atoms with Gasteiger partial charge in [0, 0.05) is 37.0 Å². The first-order valence-electron chi connectivity index (χ1n) is 10.4. The number of alkyl halides is 3. The average Bonchev–Trinajstić information content (AvgIpc) is 3.33. The van der Waals surface area contributed by atoms with Crippen molar-refractivity contribution in [3.05, 3.63) is 35.8 Å². The van der Waals surface area contributed by atoms with E-state index in [9.17, 15) is 26.4 Å². The topological polar surface area (TPSA) is 124 Å². The number of sulfone groups is 1. The molecule has 1 aliphatic heterocycles. The number of aryl methyl sites for hydroxylation is 1. The van der Waals surface area contributed by atoms with E-state index in [2.05, 4.69) is 25.4 Å². The summed E-state index contributed by atoms with van der Waals surface area (Å²) < 4.78 is 68.1. The van der Waals surface area contributed by atoms with Crippen molar-refractivity contribution < 1.29 is 26.4 Å². The number of carbonyl (C=O) groups is 1. The largest absolute Gasteiger partial charge is 0.417 e. The lowest BCUT2D eigenvalue weighted by molar-refractivity contribution is -0.137. The zero-order valence-corrected chi connectivity index (χ0v) is 20.0. The molecule has 10 nitrogen and oxygen atoms in total. The predicted octanol–water partition coefficient (Wildman–Crippen LogP) is 2.34. The summed E-state index contributed by atoms with van der Waals surface area (Å²) in [7, 11) is -2.44. The van der Waals surface area contributed by atoms with E-state index in [1.807, 2.05) is 0 Å². The normalized spacial score (nSPS) is 15.0. The van der Waals surface area contributed by atoms with Crippen LogP contribution in [0.3, 0.4) is 0 Å². The van der Waals surface area contributed by atoms with Crippen LogP contribution < -0.4 is 5.32 Å². The second kappa shape index (κ2) is 8.19. The first-order valence-corrected chi connectivity index (χ1v) is 13.2. The molecular weight excluding hydrogens is 507 g/mol. The summed E-state index contributed by atoms with van der Waals surface area (Å²) in [4.78, 5) is 25.3. The Balaban J connectivity index is 1.76. The summed E-state index contributed by atoms with van der Waals surface area (Å²) in [6.07, 6.45) is -2.59. The molecule has 0 radical (unpaired) electrons. The van der Waals surface area contributed by atoms with Crippen molar-refractivity contribution in [2.75, 3.05) is 17.3 Å². The lowest BCUT2D eigenvalue weighted by Gasteiger charge is -2.25. The molecule has 0 aromatic carbocycles. The summed E-state index contributed by atoms with van der Waals surface area (Å²) in [6, 6.07) is 2.26.